The summed E-state index contributed by atoms with van der Waals surface area (Å²) < 4.78 is 0. The topological polar surface area (TPSA) is 38.7 Å². The Bertz CT molecular complexity index is 1630. The Morgan fingerprint density at radius 2 is 0.879 bits per heavy atom. The van der Waals surface area contributed by atoms with Gasteiger partial charge in [0.2, 0.25) is 5.28 Å². The van der Waals surface area contributed by atoms with Crippen molar-refractivity contribution in [1.29, 1.82) is 0 Å². The van der Waals surface area contributed by atoms with Crippen molar-refractivity contribution in [3.63, 3.8) is 0 Å². The molecule has 0 N–H and O–H groups in total. The zero-order chi connectivity index (χ0) is 22.2. The zero-order valence-electron chi connectivity index (χ0n) is 17.6. The van der Waals surface area contributed by atoms with Crippen LogP contribution in [0, 0.1) is 0 Å². The second-order valence-corrected chi connectivity index (χ2v) is 8.29. The van der Waals surface area contributed by atoms with Crippen LogP contribution in [0.1, 0.15) is 0 Å². The maximum absolute atomic E-state index is 6.31. The molecule has 0 aliphatic heterocycles. The Morgan fingerprint density at radius 1 is 0.394 bits per heavy atom. The highest BCUT2D eigenvalue weighted by atomic mass is 35.5. The van der Waals surface area contributed by atoms with Gasteiger partial charge in [0, 0.05) is 11.1 Å². The molecule has 3 nitrogen and oxygen atoms in total. The fraction of sp³-hybridized carbons (Fsp3) is 0. The first-order valence-electron chi connectivity index (χ1n) is 10.7. The minimum absolute atomic E-state index is 0.183. The van der Waals surface area contributed by atoms with Gasteiger partial charge in [-0.1, -0.05) is 91.0 Å². The number of hydrogen-bond donors (Lipinski definition) is 0. The smallest absolute Gasteiger partial charge is 0.208 e. The van der Waals surface area contributed by atoms with Crippen molar-refractivity contribution in [3.8, 4) is 33.9 Å². The molecule has 5 aromatic carbocycles. The van der Waals surface area contributed by atoms with Crippen LogP contribution in [0.2, 0.25) is 5.28 Å². The van der Waals surface area contributed by atoms with Crippen LogP contribution in [0.4, 0.5) is 0 Å². The molecule has 4 heteroatoms. The van der Waals surface area contributed by atoms with Crippen LogP contribution < -0.4 is 0 Å². The number of halogens is 1. The molecule has 0 unspecified atom stereocenters. The van der Waals surface area contributed by atoms with E-state index in [1.165, 1.54) is 16.5 Å². The van der Waals surface area contributed by atoms with Gasteiger partial charge < -0.3 is 0 Å². The number of aromatic nitrogens is 3. The van der Waals surface area contributed by atoms with E-state index in [1.54, 1.807) is 0 Å². The second kappa shape index (κ2) is 8.12. The van der Waals surface area contributed by atoms with Crippen molar-refractivity contribution >= 4 is 33.1 Å². The van der Waals surface area contributed by atoms with E-state index in [4.69, 9.17) is 16.6 Å². The summed E-state index contributed by atoms with van der Waals surface area (Å²) in [6.07, 6.45) is 0. The Morgan fingerprint density at radius 3 is 1.55 bits per heavy atom. The number of nitrogens with zero attached hydrogens (tertiary/aromatic N) is 3. The number of hydrogen-bond acceptors (Lipinski definition) is 3. The van der Waals surface area contributed by atoms with Crippen LogP contribution in [0.25, 0.3) is 55.4 Å². The van der Waals surface area contributed by atoms with Crippen molar-refractivity contribution in [1.82, 2.24) is 15.0 Å². The highest BCUT2D eigenvalue weighted by Gasteiger charge is 2.11. The summed E-state index contributed by atoms with van der Waals surface area (Å²) in [6, 6.07) is 37.5. The van der Waals surface area contributed by atoms with Crippen molar-refractivity contribution < 1.29 is 0 Å². The van der Waals surface area contributed by atoms with Crippen LogP contribution in [-0.2, 0) is 0 Å². The van der Waals surface area contributed by atoms with Crippen LogP contribution >= 0.6 is 11.6 Å². The molecule has 0 aliphatic rings. The first-order chi connectivity index (χ1) is 16.2. The summed E-state index contributed by atoms with van der Waals surface area (Å²) in [5, 5.41) is 4.77. The lowest BCUT2D eigenvalue weighted by molar-refractivity contribution is 1.07. The molecule has 0 saturated heterocycles. The first kappa shape index (κ1) is 19.6. The van der Waals surface area contributed by atoms with E-state index >= 15 is 0 Å². The lowest BCUT2D eigenvalue weighted by Crippen LogP contribution is -1.97. The molecule has 1 heterocycles. The molecule has 0 fully saturated rings. The summed E-state index contributed by atoms with van der Waals surface area (Å²) in [4.78, 5) is 13.5. The third kappa shape index (κ3) is 3.84. The Labute approximate surface area is 196 Å². The van der Waals surface area contributed by atoms with Gasteiger partial charge >= 0.3 is 0 Å². The molecule has 0 aliphatic carbocycles. The van der Waals surface area contributed by atoms with Gasteiger partial charge in [0.1, 0.15) is 0 Å². The lowest BCUT2D eigenvalue weighted by Gasteiger charge is -2.08. The molecule has 0 bridgehead atoms. The van der Waals surface area contributed by atoms with Gasteiger partial charge in [-0.05, 0) is 62.5 Å². The van der Waals surface area contributed by atoms with Crippen molar-refractivity contribution in [2.75, 3.05) is 0 Å². The molecule has 0 atom stereocenters. The Kier molecular flexibility index (Phi) is 4.82. The van der Waals surface area contributed by atoms with Crippen LogP contribution in [0.3, 0.4) is 0 Å². The Balaban J connectivity index is 1.41. The highest BCUT2D eigenvalue weighted by molar-refractivity contribution is 6.28. The summed E-state index contributed by atoms with van der Waals surface area (Å²) in [5.41, 5.74) is 4.21. The van der Waals surface area contributed by atoms with Crippen molar-refractivity contribution in [2.45, 2.75) is 0 Å². The molecule has 6 aromatic rings. The molecule has 156 valence electrons. The minimum atomic E-state index is 0.183. The largest absolute Gasteiger partial charge is 0.226 e. The standard InChI is InChI=1S/C29H18ClN3/c30-29-32-27(25-14-10-20-8-4-5-9-21(20)17-25)31-28(33-29)26-15-13-23-16-22(11-12-24(23)18-26)19-6-2-1-3-7-19/h1-18H. The SMILES string of the molecule is Clc1nc(-c2ccc3ccccc3c2)nc(-c2ccc3cc(-c4ccccc4)ccc3c2)n1. The van der Waals surface area contributed by atoms with Gasteiger partial charge in [-0.3, -0.25) is 0 Å². The summed E-state index contributed by atoms with van der Waals surface area (Å²) >= 11 is 6.31. The summed E-state index contributed by atoms with van der Waals surface area (Å²) in [6.45, 7) is 0. The molecular formula is C29H18ClN3. The summed E-state index contributed by atoms with van der Waals surface area (Å²) in [7, 11) is 0. The number of fused-ring (bicyclic) bond motifs is 2. The predicted octanol–water partition coefficient (Wildman–Crippen LogP) is 7.83. The summed E-state index contributed by atoms with van der Waals surface area (Å²) in [5.74, 6) is 1.13. The number of rotatable bonds is 3. The van der Waals surface area contributed by atoms with Crippen LogP contribution in [0.15, 0.2) is 109 Å². The third-order valence-corrected chi connectivity index (χ3v) is 5.99. The molecule has 6 rings (SSSR count). The van der Waals surface area contributed by atoms with E-state index in [-0.39, 0.29) is 5.28 Å². The van der Waals surface area contributed by atoms with E-state index in [1.807, 2.05) is 30.3 Å². The fourth-order valence-electron chi connectivity index (χ4n) is 4.13. The molecule has 0 radical (unpaired) electrons. The molecule has 1 aromatic heterocycles. The van der Waals surface area contributed by atoms with E-state index in [9.17, 15) is 0 Å². The van der Waals surface area contributed by atoms with Gasteiger partial charge in [0.25, 0.3) is 0 Å². The minimum Gasteiger partial charge on any atom is -0.208 e. The Hall–Kier alpha value is -4.08. The van der Waals surface area contributed by atoms with Gasteiger partial charge in [-0.15, -0.1) is 0 Å². The monoisotopic (exact) mass is 443 g/mol. The average Bonchev–Trinajstić information content (AvgIpc) is 2.88. The van der Waals surface area contributed by atoms with Gasteiger partial charge in [-0.25, -0.2) is 4.98 Å². The average molecular weight is 444 g/mol. The second-order valence-electron chi connectivity index (χ2n) is 7.96. The van der Waals surface area contributed by atoms with Gasteiger partial charge in [0.05, 0.1) is 0 Å². The molecule has 0 amide bonds. The van der Waals surface area contributed by atoms with Gasteiger partial charge in [0.15, 0.2) is 11.6 Å². The van der Waals surface area contributed by atoms with Crippen LogP contribution in [-0.4, -0.2) is 15.0 Å². The number of benzene rings is 5. The predicted molar refractivity (Wildman–Crippen MR) is 136 cm³/mol. The maximum atomic E-state index is 6.31. The fourth-order valence-corrected chi connectivity index (χ4v) is 4.29. The van der Waals surface area contributed by atoms with E-state index < -0.39 is 0 Å². The zero-order valence-corrected chi connectivity index (χ0v) is 18.4. The highest BCUT2D eigenvalue weighted by Crippen LogP contribution is 2.29. The molecule has 0 spiro atoms. The van der Waals surface area contributed by atoms with E-state index in [2.05, 4.69) is 88.8 Å². The lowest BCUT2D eigenvalue weighted by atomic mass is 10.00. The molecule has 0 saturated carbocycles. The van der Waals surface area contributed by atoms with Crippen molar-refractivity contribution in [2.24, 2.45) is 0 Å². The normalized spacial score (nSPS) is 11.2. The van der Waals surface area contributed by atoms with E-state index in [0.717, 1.165) is 27.3 Å². The third-order valence-electron chi connectivity index (χ3n) is 5.82. The van der Waals surface area contributed by atoms with Crippen LogP contribution in [0.5, 0.6) is 0 Å². The first-order valence-corrected chi connectivity index (χ1v) is 11.1. The van der Waals surface area contributed by atoms with E-state index in [0.29, 0.717) is 11.6 Å². The molecular weight excluding hydrogens is 426 g/mol. The quantitative estimate of drug-likeness (QED) is 0.279. The maximum Gasteiger partial charge on any atom is 0.226 e. The van der Waals surface area contributed by atoms with Crippen molar-refractivity contribution in [3.05, 3.63) is 114 Å². The van der Waals surface area contributed by atoms with Gasteiger partial charge in [-0.2, -0.15) is 9.97 Å². The molecule has 33 heavy (non-hydrogen) atoms.